The third-order valence-corrected chi connectivity index (χ3v) is 3.95. The molecule has 0 atom stereocenters. The van der Waals surface area contributed by atoms with Crippen LogP contribution in [0.3, 0.4) is 0 Å². The normalized spacial score (nSPS) is 14.4. The van der Waals surface area contributed by atoms with Crippen molar-refractivity contribution in [3.63, 3.8) is 0 Å². The van der Waals surface area contributed by atoms with Crippen molar-refractivity contribution in [2.45, 2.75) is 19.4 Å². The Balaban J connectivity index is 1.81. The predicted molar refractivity (Wildman–Crippen MR) is 79.4 cm³/mol. The third kappa shape index (κ3) is 2.78. The van der Waals surface area contributed by atoms with Gasteiger partial charge >= 0.3 is 0 Å². The van der Waals surface area contributed by atoms with Gasteiger partial charge in [-0.3, -0.25) is 4.79 Å². The fourth-order valence-corrected chi connectivity index (χ4v) is 2.62. The van der Waals surface area contributed by atoms with E-state index in [1.165, 1.54) is 13.2 Å². The molecule has 1 aromatic carbocycles. The Labute approximate surface area is 126 Å². The van der Waals surface area contributed by atoms with Gasteiger partial charge in [0.05, 0.1) is 18.1 Å². The molecule has 2 aromatic rings. The molecule has 1 aliphatic carbocycles. The number of imidazole rings is 1. The zero-order chi connectivity index (χ0) is 15.0. The van der Waals surface area contributed by atoms with Crippen molar-refractivity contribution in [2.24, 2.45) is 5.92 Å². The summed E-state index contributed by atoms with van der Waals surface area (Å²) in [6.45, 7) is 1.03. The molecule has 112 valence electrons. The largest absolute Gasteiger partial charge is 0.494 e. The lowest BCUT2D eigenvalue weighted by molar-refractivity contribution is -0.122. The molecule has 5 nitrogen and oxygen atoms in total. The first-order valence-corrected chi connectivity index (χ1v) is 7.24. The summed E-state index contributed by atoms with van der Waals surface area (Å²) in [5, 5.41) is 2.89. The number of ether oxygens (including phenoxy) is 1. The molecule has 1 heterocycles. The lowest BCUT2D eigenvalue weighted by Gasteiger charge is -2.07. The van der Waals surface area contributed by atoms with Crippen LogP contribution in [0.1, 0.15) is 12.8 Å². The number of benzene rings is 1. The van der Waals surface area contributed by atoms with Gasteiger partial charge in [-0.15, -0.1) is 0 Å². The molecule has 1 fully saturated rings. The average molecular weight is 309 g/mol. The van der Waals surface area contributed by atoms with E-state index in [1.807, 2.05) is 4.57 Å². The highest BCUT2D eigenvalue weighted by molar-refractivity contribution is 7.71. The quantitative estimate of drug-likeness (QED) is 0.834. The lowest BCUT2D eigenvalue weighted by atomic mass is 10.3. The number of aromatic nitrogens is 2. The van der Waals surface area contributed by atoms with Gasteiger partial charge in [-0.1, -0.05) is 0 Å². The van der Waals surface area contributed by atoms with Crippen molar-refractivity contribution in [3.8, 4) is 5.75 Å². The summed E-state index contributed by atoms with van der Waals surface area (Å²) < 4.78 is 21.0. The van der Waals surface area contributed by atoms with Crippen molar-refractivity contribution >= 4 is 29.2 Å². The Morgan fingerprint density at radius 1 is 1.57 bits per heavy atom. The third-order valence-electron chi connectivity index (χ3n) is 3.63. The second-order valence-corrected chi connectivity index (χ2v) is 5.54. The molecule has 0 radical (unpaired) electrons. The number of nitrogens with zero attached hydrogens (tertiary/aromatic N) is 1. The van der Waals surface area contributed by atoms with Crippen molar-refractivity contribution in [2.75, 3.05) is 13.7 Å². The molecule has 3 rings (SSSR count). The first-order valence-electron chi connectivity index (χ1n) is 6.84. The molecule has 1 aromatic heterocycles. The van der Waals surface area contributed by atoms with Crippen LogP contribution in [0, 0.1) is 16.5 Å². The molecule has 0 spiro atoms. The van der Waals surface area contributed by atoms with E-state index >= 15 is 0 Å². The summed E-state index contributed by atoms with van der Waals surface area (Å²) in [4.78, 5) is 14.6. The fourth-order valence-electron chi connectivity index (χ4n) is 2.32. The van der Waals surface area contributed by atoms with Crippen molar-refractivity contribution in [1.29, 1.82) is 0 Å². The highest BCUT2D eigenvalue weighted by atomic mass is 32.1. The van der Waals surface area contributed by atoms with Crippen molar-refractivity contribution in [3.05, 3.63) is 22.7 Å². The van der Waals surface area contributed by atoms with Crippen LogP contribution in [0.25, 0.3) is 11.0 Å². The molecule has 0 bridgehead atoms. The van der Waals surface area contributed by atoms with Gasteiger partial charge in [0.25, 0.3) is 0 Å². The summed E-state index contributed by atoms with van der Waals surface area (Å²) in [7, 11) is 1.42. The number of carbonyl (C=O) groups is 1. The number of hydrogen-bond donors (Lipinski definition) is 2. The number of carbonyl (C=O) groups excluding carboxylic acids is 1. The van der Waals surface area contributed by atoms with E-state index in [1.54, 1.807) is 6.07 Å². The maximum absolute atomic E-state index is 13.7. The van der Waals surface area contributed by atoms with Crippen LogP contribution in [0.15, 0.2) is 12.1 Å². The topological polar surface area (TPSA) is 59.0 Å². The summed E-state index contributed by atoms with van der Waals surface area (Å²) in [5.41, 5.74) is 1.38. The van der Waals surface area contributed by atoms with Crippen LogP contribution in [-0.2, 0) is 11.3 Å². The predicted octanol–water partition coefficient (Wildman–Crippen LogP) is 2.37. The molecule has 1 amide bonds. The van der Waals surface area contributed by atoms with Gasteiger partial charge in [0.15, 0.2) is 16.3 Å². The molecule has 7 heteroatoms. The molecular formula is C14H16FN3O2S. The van der Waals surface area contributed by atoms with Crippen molar-refractivity contribution in [1.82, 2.24) is 14.9 Å². The van der Waals surface area contributed by atoms with E-state index in [9.17, 15) is 9.18 Å². The Hall–Kier alpha value is -1.89. The van der Waals surface area contributed by atoms with Crippen molar-refractivity contribution < 1.29 is 13.9 Å². The SMILES string of the molecule is COc1cc2c(cc1F)[nH]c(=S)n2CCNC(=O)C1CC1. The smallest absolute Gasteiger partial charge is 0.223 e. The Morgan fingerprint density at radius 2 is 2.33 bits per heavy atom. The van der Waals surface area contributed by atoms with E-state index < -0.39 is 5.82 Å². The van der Waals surface area contributed by atoms with Crippen LogP contribution in [0.5, 0.6) is 5.75 Å². The van der Waals surface area contributed by atoms with Gasteiger partial charge in [-0.25, -0.2) is 4.39 Å². The molecule has 0 aliphatic heterocycles. The lowest BCUT2D eigenvalue weighted by Crippen LogP contribution is -2.28. The number of hydrogen-bond acceptors (Lipinski definition) is 3. The summed E-state index contributed by atoms with van der Waals surface area (Å²) in [6, 6.07) is 2.98. The van der Waals surface area contributed by atoms with E-state index in [2.05, 4.69) is 10.3 Å². The van der Waals surface area contributed by atoms with E-state index in [4.69, 9.17) is 17.0 Å². The Bertz CT molecular complexity index is 748. The first-order chi connectivity index (χ1) is 10.1. The number of halogens is 1. The summed E-state index contributed by atoms with van der Waals surface area (Å²) in [6.07, 6.45) is 1.96. The molecule has 0 saturated heterocycles. The monoisotopic (exact) mass is 309 g/mol. The molecule has 21 heavy (non-hydrogen) atoms. The minimum atomic E-state index is -0.435. The Morgan fingerprint density at radius 3 is 3.00 bits per heavy atom. The molecular weight excluding hydrogens is 293 g/mol. The number of methoxy groups -OCH3 is 1. The zero-order valence-electron chi connectivity index (χ0n) is 11.6. The summed E-state index contributed by atoms with van der Waals surface area (Å²) >= 11 is 5.25. The molecule has 1 aliphatic rings. The molecule has 1 saturated carbocycles. The number of amides is 1. The van der Waals surface area contributed by atoms with Gasteiger partial charge in [0.2, 0.25) is 5.91 Å². The van der Waals surface area contributed by atoms with Crippen LogP contribution in [0.2, 0.25) is 0 Å². The highest BCUT2D eigenvalue weighted by Crippen LogP contribution is 2.28. The van der Waals surface area contributed by atoms with E-state index in [0.717, 1.165) is 18.4 Å². The standard InChI is InChI=1S/C14H16FN3O2S/c1-20-12-7-11-10(6-9(12)15)17-14(21)18(11)5-4-16-13(19)8-2-3-8/h6-8H,2-5H2,1H3,(H,16,19)(H,17,21). The van der Waals surface area contributed by atoms with Crippen LogP contribution in [-0.4, -0.2) is 29.1 Å². The van der Waals surface area contributed by atoms with Crippen LogP contribution >= 0.6 is 12.2 Å². The number of H-pyrrole nitrogens is 1. The van der Waals surface area contributed by atoms with Gasteiger partial charge in [-0.2, -0.15) is 0 Å². The number of rotatable bonds is 5. The minimum absolute atomic E-state index is 0.102. The average Bonchev–Trinajstić information content (AvgIpc) is 3.25. The van der Waals surface area contributed by atoms with Gasteiger partial charge in [-0.05, 0) is 25.1 Å². The van der Waals surface area contributed by atoms with Gasteiger partial charge < -0.3 is 19.6 Å². The van der Waals surface area contributed by atoms with E-state index in [-0.39, 0.29) is 17.6 Å². The Kier molecular flexibility index (Phi) is 3.67. The number of aromatic amines is 1. The second-order valence-electron chi connectivity index (χ2n) is 5.15. The zero-order valence-corrected chi connectivity index (χ0v) is 12.4. The second kappa shape index (κ2) is 5.48. The van der Waals surface area contributed by atoms with Gasteiger partial charge in [0.1, 0.15) is 0 Å². The maximum Gasteiger partial charge on any atom is 0.223 e. The minimum Gasteiger partial charge on any atom is -0.494 e. The maximum atomic E-state index is 13.7. The highest BCUT2D eigenvalue weighted by Gasteiger charge is 2.29. The summed E-state index contributed by atoms with van der Waals surface area (Å²) in [5.74, 6) is 0.0304. The fraction of sp³-hybridized carbons (Fsp3) is 0.429. The molecule has 0 unspecified atom stereocenters. The molecule has 2 N–H and O–H groups in total. The number of nitrogens with one attached hydrogen (secondary N) is 2. The first kappa shape index (κ1) is 14.1. The van der Waals surface area contributed by atoms with Gasteiger partial charge in [0, 0.05) is 31.1 Å². The number of fused-ring (bicyclic) bond motifs is 1. The van der Waals surface area contributed by atoms with E-state index in [0.29, 0.717) is 23.4 Å². The van der Waals surface area contributed by atoms with Crippen LogP contribution < -0.4 is 10.1 Å². The van der Waals surface area contributed by atoms with Crippen LogP contribution in [0.4, 0.5) is 4.39 Å².